The Labute approximate surface area is 96.4 Å². The molecular formula is C11H11FN2OS. The quantitative estimate of drug-likeness (QED) is 0.845. The number of nitrogens with zero attached hydrogens (tertiary/aromatic N) is 1. The van der Waals surface area contributed by atoms with E-state index in [1.54, 1.807) is 6.07 Å². The van der Waals surface area contributed by atoms with E-state index in [-0.39, 0.29) is 11.8 Å². The highest BCUT2D eigenvalue weighted by Gasteiger charge is 2.09. The van der Waals surface area contributed by atoms with Crippen molar-refractivity contribution in [2.24, 2.45) is 5.73 Å². The first-order valence-electron chi connectivity index (χ1n) is 4.78. The molecule has 5 heteroatoms. The molecule has 1 atom stereocenters. The van der Waals surface area contributed by atoms with Crippen molar-refractivity contribution in [3.05, 3.63) is 35.1 Å². The van der Waals surface area contributed by atoms with E-state index in [4.69, 9.17) is 10.8 Å². The number of phenols is 1. The lowest BCUT2D eigenvalue weighted by molar-refractivity contribution is 0.432. The number of aromatic nitrogens is 1. The molecule has 84 valence electrons. The zero-order chi connectivity index (χ0) is 11.7. The first kappa shape index (κ1) is 11.0. The summed E-state index contributed by atoms with van der Waals surface area (Å²) in [5.74, 6) is -0.997. The van der Waals surface area contributed by atoms with Crippen molar-refractivity contribution in [3.8, 4) is 16.3 Å². The maximum absolute atomic E-state index is 13.1. The van der Waals surface area contributed by atoms with Crippen molar-refractivity contribution >= 4 is 11.3 Å². The normalized spacial score (nSPS) is 12.7. The van der Waals surface area contributed by atoms with Gasteiger partial charge in [0, 0.05) is 17.0 Å². The molecule has 1 aromatic carbocycles. The Hall–Kier alpha value is -1.46. The van der Waals surface area contributed by atoms with Gasteiger partial charge in [0.05, 0.1) is 5.69 Å². The molecule has 0 fully saturated rings. The van der Waals surface area contributed by atoms with Crippen molar-refractivity contribution in [2.75, 3.05) is 0 Å². The van der Waals surface area contributed by atoms with Crippen LogP contribution in [-0.4, -0.2) is 10.1 Å². The zero-order valence-electron chi connectivity index (χ0n) is 8.64. The highest BCUT2D eigenvalue weighted by Crippen LogP contribution is 2.28. The topological polar surface area (TPSA) is 59.1 Å². The number of thiazole rings is 1. The Kier molecular flexibility index (Phi) is 2.89. The van der Waals surface area contributed by atoms with Gasteiger partial charge in [-0.2, -0.15) is 0 Å². The van der Waals surface area contributed by atoms with Crippen molar-refractivity contribution in [1.29, 1.82) is 0 Å². The molecule has 0 aliphatic carbocycles. The van der Waals surface area contributed by atoms with Crippen LogP contribution in [-0.2, 0) is 0 Å². The fraction of sp³-hybridized carbons (Fsp3) is 0.182. The summed E-state index contributed by atoms with van der Waals surface area (Å²) < 4.78 is 13.1. The lowest BCUT2D eigenvalue weighted by atomic mass is 10.2. The minimum atomic E-state index is -0.643. The van der Waals surface area contributed by atoms with Crippen LogP contribution in [0.1, 0.15) is 18.7 Å². The number of aromatic hydroxyl groups is 1. The van der Waals surface area contributed by atoms with E-state index in [0.717, 1.165) is 5.69 Å². The van der Waals surface area contributed by atoms with Crippen LogP contribution >= 0.6 is 11.3 Å². The van der Waals surface area contributed by atoms with E-state index in [9.17, 15) is 4.39 Å². The second-order valence-corrected chi connectivity index (χ2v) is 4.39. The van der Waals surface area contributed by atoms with Gasteiger partial charge < -0.3 is 10.8 Å². The summed E-state index contributed by atoms with van der Waals surface area (Å²) in [5.41, 5.74) is 7.12. The number of halogens is 1. The van der Waals surface area contributed by atoms with E-state index in [1.807, 2.05) is 12.3 Å². The molecule has 0 spiro atoms. The third kappa shape index (κ3) is 2.05. The Morgan fingerprint density at radius 2 is 2.25 bits per heavy atom. The van der Waals surface area contributed by atoms with Crippen LogP contribution in [0.5, 0.6) is 5.75 Å². The Morgan fingerprint density at radius 3 is 2.81 bits per heavy atom. The second kappa shape index (κ2) is 4.19. The summed E-state index contributed by atoms with van der Waals surface area (Å²) in [6.45, 7) is 1.84. The van der Waals surface area contributed by atoms with Gasteiger partial charge in [-0.05, 0) is 25.1 Å². The number of rotatable bonds is 2. The van der Waals surface area contributed by atoms with Crippen LogP contribution in [0.3, 0.4) is 0 Å². The number of phenolic OH excluding ortho intramolecular Hbond substituents is 1. The Balaban J connectivity index is 2.39. The Morgan fingerprint density at radius 1 is 1.50 bits per heavy atom. The van der Waals surface area contributed by atoms with Gasteiger partial charge >= 0.3 is 0 Å². The van der Waals surface area contributed by atoms with E-state index in [1.165, 1.54) is 23.5 Å². The number of hydrogen-bond acceptors (Lipinski definition) is 4. The van der Waals surface area contributed by atoms with E-state index in [0.29, 0.717) is 10.6 Å². The molecule has 0 aliphatic heterocycles. The highest BCUT2D eigenvalue weighted by molar-refractivity contribution is 7.13. The molecule has 2 rings (SSSR count). The van der Waals surface area contributed by atoms with Crippen LogP contribution in [0.15, 0.2) is 23.6 Å². The summed E-state index contributed by atoms with van der Waals surface area (Å²) in [6.07, 6.45) is 0. The van der Waals surface area contributed by atoms with Crippen molar-refractivity contribution in [3.63, 3.8) is 0 Å². The maximum atomic E-state index is 13.1. The van der Waals surface area contributed by atoms with Crippen molar-refractivity contribution in [2.45, 2.75) is 13.0 Å². The molecular weight excluding hydrogens is 227 g/mol. The fourth-order valence-corrected chi connectivity index (χ4v) is 2.19. The van der Waals surface area contributed by atoms with Gasteiger partial charge in [-0.1, -0.05) is 0 Å². The summed E-state index contributed by atoms with van der Waals surface area (Å²) in [6, 6.07) is 4.07. The smallest absolute Gasteiger partial charge is 0.165 e. The van der Waals surface area contributed by atoms with Crippen molar-refractivity contribution in [1.82, 2.24) is 4.98 Å². The zero-order valence-corrected chi connectivity index (χ0v) is 9.46. The molecule has 0 bridgehead atoms. The van der Waals surface area contributed by atoms with E-state index < -0.39 is 5.82 Å². The summed E-state index contributed by atoms with van der Waals surface area (Å²) in [7, 11) is 0. The maximum Gasteiger partial charge on any atom is 0.165 e. The average Bonchev–Trinajstić information content (AvgIpc) is 2.71. The standard InChI is InChI=1S/C11H11FN2OS/c1-6(13)9-5-16-11(14-9)7-2-3-10(15)8(12)4-7/h2-6,15H,13H2,1H3. The molecule has 3 N–H and O–H groups in total. The molecule has 1 unspecified atom stereocenters. The van der Waals surface area contributed by atoms with Gasteiger partial charge in [0.25, 0.3) is 0 Å². The minimum Gasteiger partial charge on any atom is -0.505 e. The van der Waals surface area contributed by atoms with E-state index >= 15 is 0 Å². The number of hydrogen-bond donors (Lipinski definition) is 2. The SMILES string of the molecule is CC(N)c1csc(-c2ccc(O)c(F)c2)n1. The molecule has 3 nitrogen and oxygen atoms in total. The summed E-state index contributed by atoms with van der Waals surface area (Å²) in [5, 5.41) is 11.6. The first-order valence-corrected chi connectivity index (χ1v) is 5.66. The Bertz CT molecular complexity index is 510. The molecule has 0 radical (unpaired) electrons. The predicted octanol–water partition coefficient (Wildman–Crippen LogP) is 2.67. The predicted molar refractivity (Wildman–Crippen MR) is 61.8 cm³/mol. The molecule has 16 heavy (non-hydrogen) atoms. The summed E-state index contributed by atoms with van der Waals surface area (Å²) in [4.78, 5) is 4.30. The molecule has 0 amide bonds. The van der Waals surface area contributed by atoms with Gasteiger partial charge in [-0.15, -0.1) is 11.3 Å². The number of benzene rings is 1. The van der Waals surface area contributed by atoms with Gasteiger partial charge in [0.2, 0.25) is 0 Å². The van der Waals surface area contributed by atoms with Crippen LogP contribution in [0.25, 0.3) is 10.6 Å². The molecule has 1 aromatic heterocycles. The van der Waals surface area contributed by atoms with Gasteiger partial charge in [-0.25, -0.2) is 9.37 Å². The lowest BCUT2D eigenvalue weighted by Crippen LogP contribution is -2.04. The summed E-state index contributed by atoms with van der Waals surface area (Å²) >= 11 is 1.41. The average molecular weight is 238 g/mol. The van der Waals surface area contributed by atoms with Crippen LogP contribution in [0.4, 0.5) is 4.39 Å². The van der Waals surface area contributed by atoms with Crippen LogP contribution in [0, 0.1) is 5.82 Å². The monoisotopic (exact) mass is 238 g/mol. The molecule has 0 aliphatic rings. The lowest BCUT2D eigenvalue weighted by Gasteiger charge is -2.00. The van der Waals surface area contributed by atoms with Gasteiger partial charge in [0.15, 0.2) is 11.6 Å². The fourth-order valence-electron chi connectivity index (χ4n) is 1.27. The van der Waals surface area contributed by atoms with Crippen molar-refractivity contribution < 1.29 is 9.50 Å². The minimum absolute atomic E-state index is 0.132. The van der Waals surface area contributed by atoms with Gasteiger partial charge in [0.1, 0.15) is 5.01 Å². The molecule has 0 saturated heterocycles. The molecule has 1 heterocycles. The highest BCUT2D eigenvalue weighted by atomic mass is 32.1. The second-order valence-electron chi connectivity index (χ2n) is 3.53. The third-order valence-electron chi connectivity index (χ3n) is 2.18. The van der Waals surface area contributed by atoms with E-state index in [2.05, 4.69) is 4.98 Å². The van der Waals surface area contributed by atoms with Crippen LogP contribution in [0.2, 0.25) is 0 Å². The van der Waals surface area contributed by atoms with Gasteiger partial charge in [-0.3, -0.25) is 0 Å². The third-order valence-corrected chi connectivity index (χ3v) is 3.09. The largest absolute Gasteiger partial charge is 0.505 e. The van der Waals surface area contributed by atoms with Crippen LogP contribution < -0.4 is 5.73 Å². The number of nitrogens with two attached hydrogens (primary N) is 1. The molecule has 0 saturated carbocycles. The molecule has 2 aromatic rings. The first-order chi connectivity index (χ1) is 7.58.